The zero-order valence-electron chi connectivity index (χ0n) is 13.0. The molecule has 0 aliphatic rings. The molecule has 1 rings (SSSR count). The number of nitrogens with zero attached hydrogens (tertiary/aromatic N) is 1. The molecular formula is C16H27ClN2. The summed E-state index contributed by atoms with van der Waals surface area (Å²) >= 11 is 6.37. The predicted molar refractivity (Wildman–Crippen MR) is 86.2 cm³/mol. The highest BCUT2D eigenvalue weighted by atomic mass is 35.5. The number of halogens is 1. The van der Waals surface area contributed by atoms with Crippen molar-refractivity contribution in [2.45, 2.75) is 46.7 Å². The Morgan fingerprint density at radius 2 is 1.89 bits per heavy atom. The largest absolute Gasteiger partial charge is 0.374 e. The van der Waals surface area contributed by atoms with E-state index in [1.54, 1.807) is 0 Å². The molecule has 108 valence electrons. The summed E-state index contributed by atoms with van der Waals surface area (Å²) in [5, 5.41) is 4.30. The molecule has 1 N–H and O–H groups in total. The summed E-state index contributed by atoms with van der Waals surface area (Å²) in [6, 6.07) is 6.32. The van der Waals surface area contributed by atoms with E-state index in [1.807, 2.05) is 0 Å². The third-order valence-electron chi connectivity index (χ3n) is 2.93. The molecule has 19 heavy (non-hydrogen) atoms. The van der Waals surface area contributed by atoms with Crippen LogP contribution < -0.4 is 10.2 Å². The minimum Gasteiger partial charge on any atom is -0.374 e. The molecule has 1 aromatic carbocycles. The first-order valence-corrected chi connectivity index (χ1v) is 7.31. The Kier molecular flexibility index (Phi) is 5.69. The van der Waals surface area contributed by atoms with Gasteiger partial charge in [0.2, 0.25) is 0 Å². The minimum atomic E-state index is 0.108. The molecule has 1 aromatic rings. The first-order valence-electron chi connectivity index (χ1n) is 6.93. The highest BCUT2D eigenvalue weighted by molar-refractivity contribution is 6.31. The maximum absolute atomic E-state index is 6.37. The summed E-state index contributed by atoms with van der Waals surface area (Å²) in [7, 11) is 2.11. The molecule has 0 unspecified atom stereocenters. The SMILES string of the molecule is CC(C)CN(C)c1ccc(CNC(C)(C)C)c(Cl)c1. The summed E-state index contributed by atoms with van der Waals surface area (Å²) in [4.78, 5) is 2.25. The normalized spacial score (nSPS) is 12.0. The van der Waals surface area contributed by atoms with Crippen molar-refractivity contribution in [1.82, 2.24) is 5.32 Å². The van der Waals surface area contributed by atoms with E-state index in [-0.39, 0.29) is 5.54 Å². The average molecular weight is 283 g/mol. The topological polar surface area (TPSA) is 15.3 Å². The van der Waals surface area contributed by atoms with Gasteiger partial charge in [-0.3, -0.25) is 0 Å². The second kappa shape index (κ2) is 6.62. The fraction of sp³-hybridized carbons (Fsp3) is 0.625. The lowest BCUT2D eigenvalue weighted by molar-refractivity contribution is 0.424. The molecule has 0 atom stereocenters. The Balaban J connectivity index is 2.74. The zero-order valence-corrected chi connectivity index (χ0v) is 13.8. The summed E-state index contributed by atoms with van der Waals surface area (Å²) in [6.45, 7) is 12.8. The predicted octanol–water partition coefficient (Wildman–Crippen LogP) is 4.32. The number of rotatable bonds is 5. The summed E-state index contributed by atoms with van der Waals surface area (Å²) < 4.78 is 0. The van der Waals surface area contributed by atoms with Crippen LogP contribution in [0.5, 0.6) is 0 Å². The van der Waals surface area contributed by atoms with Gasteiger partial charge in [-0.05, 0) is 44.4 Å². The number of hydrogen-bond donors (Lipinski definition) is 1. The van der Waals surface area contributed by atoms with Gasteiger partial charge in [-0.25, -0.2) is 0 Å². The van der Waals surface area contributed by atoms with Crippen LogP contribution >= 0.6 is 11.6 Å². The molecule has 0 radical (unpaired) electrons. The fourth-order valence-electron chi connectivity index (χ4n) is 1.93. The van der Waals surface area contributed by atoms with Crippen LogP contribution in [0.4, 0.5) is 5.69 Å². The van der Waals surface area contributed by atoms with Gasteiger partial charge in [-0.1, -0.05) is 31.5 Å². The van der Waals surface area contributed by atoms with E-state index < -0.39 is 0 Å². The fourth-order valence-corrected chi connectivity index (χ4v) is 2.17. The zero-order chi connectivity index (χ0) is 14.6. The molecule has 2 nitrogen and oxygen atoms in total. The molecule has 0 aliphatic carbocycles. The van der Waals surface area contributed by atoms with Crippen molar-refractivity contribution in [2.75, 3.05) is 18.5 Å². The van der Waals surface area contributed by atoms with Gasteiger partial charge in [0.05, 0.1) is 0 Å². The molecule has 0 saturated carbocycles. The molecular weight excluding hydrogens is 256 g/mol. The molecule has 3 heteroatoms. The third-order valence-corrected chi connectivity index (χ3v) is 3.28. The summed E-state index contributed by atoms with van der Waals surface area (Å²) in [5.74, 6) is 0.644. The van der Waals surface area contributed by atoms with E-state index in [2.05, 4.69) is 70.1 Å². The van der Waals surface area contributed by atoms with Crippen LogP contribution in [-0.2, 0) is 6.54 Å². The summed E-state index contributed by atoms with van der Waals surface area (Å²) in [5.41, 5.74) is 2.44. The third kappa shape index (κ3) is 5.84. The Bertz CT molecular complexity index is 408. The first-order chi connectivity index (χ1) is 8.69. The van der Waals surface area contributed by atoms with Crippen LogP contribution in [0.2, 0.25) is 5.02 Å². The Morgan fingerprint density at radius 3 is 2.37 bits per heavy atom. The van der Waals surface area contributed by atoms with Crippen LogP contribution in [0, 0.1) is 5.92 Å². The van der Waals surface area contributed by atoms with Gasteiger partial charge < -0.3 is 10.2 Å². The van der Waals surface area contributed by atoms with Crippen molar-refractivity contribution in [3.05, 3.63) is 28.8 Å². The van der Waals surface area contributed by atoms with Gasteiger partial charge in [0.25, 0.3) is 0 Å². The molecule has 0 aromatic heterocycles. The van der Waals surface area contributed by atoms with Crippen molar-refractivity contribution in [3.8, 4) is 0 Å². The van der Waals surface area contributed by atoms with E-state index in [4.69, 9.17) is 11.6 Å². The van der Waals surface area contributed by atoms with E-state index in [0.29, 0.717) is 5.92 Å². The van der Waals surface area contributed by atoms with Gasteiger partial charge in [0, 0.05) is 36.4 Å². The van der Waals surface area contributed by atoms with E-state index >= 15 is 0 Å². The highest BCUT2D eigenvalue weighted by Crippen LogP contribution is 2.24. The van der Waals surface area contributed by atoms with E-state index in [0.717, 1.165) is 23.7 Å². The van der Waals surface area contributed by atoms with Gasteiger partial charge in [-0.15, -0.1) is 0 Å². The van der Waals surface area contributed by atoms with Crippen LogP contribution in [0.1, 0.15) is 40.2 Å². The lowest BCUT2D eigenvalue weighted by atomic mass is 10.1. The van der Waals surface area contributed by atoms with E-state index in [1.165, 1.54) is 5.69 Å². The van der Waals surface area contributed by atoms with Crippen molar-refractivity contribution >= 4 is 17.3 Å². The highest BCUT2D eigenvalue weighted by Gasteiger charge is 2.11. The maximum atomic E-state index is 6.37. The first kappa shape index (κ1) is 16.3. The van der Waals surface area contributed by atoms with Crippen molar-refractivity contribution in [3.63, 3.8) is 0 Å². The number of nitrogens with one attached hydrogen (secondary N) is 1. The monoisotopic (exact) mass is 282 g/mol. The minimum absolute atomic E-state index is 0.108. The quantitative estimate of drug-likeness (QED) is 0.865. The second-order valence-corrected chi connectivity index (χ2v) is 7.06. The van der Waals surface area contributed by atoms with Gasteiger partial charge >= 0.3 is 0 Å². The van der Waals surface area contributed by atoms with Gasteiger partial charge in [0.1, 0.15) is 0 Å². The van der Waals surface area contributed by atoms with Crippen LogP contribution in [0.15, 0.2) is 18.2 Å². The standard InChI is InChI=1S/C16H27ClN2/c1-12(2)11-19(6)14-8-7-13(15(17)9-14)10-18-16(3,4)5/h7-9,12,18H,10-11H2,1-6H3. The molecule has 0 fully saturated rings. The lowest BCUT2D eigenvalue weighted by Crippen LogP contribution is -2.35. The average Bonchev–Trinajstić information content (AvgIpc) is 2.25. The number of anilines is 1. The summed E-state index contributed by atoms with van der Waals surface area (Å²) in [6.07, 6.45) is 0. The second-order valence-electron chi connectivity index (χ2n) is 6.65. The van der Waals surface area contributed by atoms with Crippen LogP contribution in [0.3, 0.4) is 0 Å². The van der Waals surface area contributed by atoms with Crippen molar-refractivity contribution in [1.29, 1.82) is 0 Å². The van der Waals surface area contributed by atoms with Gasteiger partial charge in [0.15, 0.2) is 0 Å². The van der Waals surface area contributed by atoms with Crippen molar-refractivity contribution < 1.29 is 0 Å². The molecule has 0 saturated heterocycles. The number of benzene rings is 1. The van der Waals surface area contributed by atoms with Gasteiger partial charge in [-0.2, -0.15) is 0 Å². The Labute approximate surface area is 123 Å². The van der Waals surface area contributed by atoms with E-state index in [9.17, 15) is 0 Å². The Morgan fingerprint density at radius 1 is 1.26 bits per heavy atom. The van der Waals surface area contributed by atoms with Crippen LogP contribution in [-0.4, -0.2) is 19.1 Å². The Hall–Kier alpha value is -0.730. The molecule has 0 amide bonds. The molecule has 0 heterocycles. The number of hydrogen-bond acceptors (Lipinski definition) is 2. The lowest BCUT2D eigenvalue weighted by Gasteiger charge is -2.23. The molecule has 0 spiro atoms. The molecule has 0 bridgehead atoms. The molecule has 0 aliphatic heterocycles. The van der Waals surface area contributed by atoms with Crippen molar-refractivity contribution in [2.24, 2.45) is 5.92 Å². The maximum Gasteiger partial charge on any atom is 0.0471 e. The van der Waals surface area contributed by atoms with Crippen LogP contribution in [0.25, 0.3) is 0 Å². The smallest absolute Gasteiger partial charge is 0.0471 e.